The summed E-state index contributed by atoms with van der Waals surface area (Å²) >= 11 is 1.39. The van der Waals surface area contributed by atoms with Gasteiger partial charge in [0.2, 0.25) is 5.91 Å². The maximum atomic E-state index is 11.8. The van der Waals surface area contributed by atoms with Crippen molar-refractivity contribution < 1.29 is 14.5 Å². The summed E-state index contributed by atoms with van der Waals surface area (Å²) in [6.07, 6.45) is 1.51. The molecule has 1 amide bonds. The number of benzene rings is 2. The first-order chi connectivity index (χ1) is 13.1. The highest BCUT2D eigenvalue weighted by atomic mass is 32.2. The van der Waals surface area contributed by atoms with Crippen molar-refractivity contribution >= 4 is 29.6 Å². The van der Waals surface area contributed by atoms with Gasteiger partial charge in [0, 0.05) is 17.9 Å². The minimum absolute atomic E-state index is 0.0129. The number of hydrogen-bond donors (Lipinski definition) is 1. The van der Waals surface area contributed by atoms with Crippen LogP contribution < -0.4 is 10.2 Å². The lowest BCUT2D eigenvalue weighted by Crippen LogP contribution is -2.19. The zero-order valence-electron chi connectivity index (χ0n) is 14.2. The SMILES string of the molecule is N#CCOc1ccc(/C=N\NC(=O)CSCc2ccc([N+](=O)[O-])cc2)cc1. The third-order valence-corrected chi connectivity index (χ3v) is 4.24. The highest BCUT2D eigenvalue weighted by Gasteiger charge is 2.05. The number of nitro groups is 1. The van der Waals surface area contributed by atoms with Gasteiger partial charge in [-0.25, -0.2) is 5.43 Å². The monoisotopic (exact) mass is 384 g/mol. The Labute approximate surface area is 160 Å². The van der Waals surface area contributed by atoms with Crippen molar-refractivity contribution in [2.24, 2.45) is 5.10 Å². The van der Waals surface area contributed by atoms with E-state index in [1.54, 1.807) is 36.4 Å². The van der Waals surface area contributed by atoms with Gasteiger partial charge in [-0.2, -0.15) is 10.4 Å². The number of carbonyl (C=O) groups is 1. The first-order valence-electron chi connectivity index (χ1n) is 7.81. The Balaban J connectivity index is 1.70. The predicted molar refractivity (Wildman–Crippen MR) is 103 cm³/mol. The quantitative estimate of drug-likeness (QED) is 0.403. The topological polar surface area (TPSA) is 118 Å². The molecule has 0 spiro atoms. The molecule has 0 radical (unpaired) electrons. The Morgan fingerprint density at radius 3 is 2.59 bits per heavy atom. The minimum Gasteiger partial charge on any atom is -0.479 e. The molecular weight excluding hydrogens is 368 g/mol. The molecule has 0 bridgehead atoms. The van der Waals surface area contributed by atoms with E-state index in [1.165, 1.54) is 30.1 Å². The smallest absolute Gasteiger partial charge is 0.269 e. The molecule has 0 aliphatic heterocycles. The molecule has 1 N–H and O–H groups in total. The number of amides is 1. The van der Waals surface area contributed by atoms with Crippen molar-refractivity contribution in [3.63, 3.8) is 0 Å². The number of hydrogen-bond acceptors (Lipinski definition) is 7. The van der Waals surface area contributed by atoms with Crippen LogP contribution in [0.3, 0.4) is 0 Å². The normalized spacial score (nSPS) is 10.3. The Kier molecular flexibility index (Phi) is 7.81. The molecular formula is C18H16N4O4S. The summed E-state index contributed by atoms with van der Waals surface area (Å²) in [5.74, 6) is 1.13. The van der Waals surface area contributed by atoms with E-state index in [4.69, 9.17) is 10.00 Å². The van der Waals surface area contributed by atoms with Crippen molar-refractivity contribution in [3.05, 3.63) is 69.8 Å². The molecule has 0 fully saturated rings. The van der Waals surface area contributed by atoms with Crippen molar-refractivity contribution in [1.29, 1.82) is 5.26 Å². The average molecular weight is 384 g/mol. The zero-order valence-corrected chi connectivity index (χ0v) is 15.0. The van der Waals surface area contributed by atoms with Crippen LogP contribution in [0.5, 0.6) is 5.75 Å². The van der Waals surface area contributed by atoms with Gasteiger partial charge < -0.3 is 4.74 Å². The van der Waals surface area contributed by atoms with Gasteiger partial charge in [-0.1, -0.05) is 12.1 Å². The summed E-state index contributed by atoms with van der Waals surface area (Å²) in [5.41, 5.74) is 4.16. The average Bonchev–Trinajstić information content (AvgIpc) is 2.68. The molecule has 27 heavy (non-hydrogen) atoms. The first kappa shape index (κ1) is 19.9. The standard InChI is InChI=1S/C18H16N4O4S/c19-9-10-26-17-7-3-14(4-8-17)11-20-21-18(23)13-27-12-15-1-5-16(6-2-15)22(24)25/h1-8,11H,10,12-13H2,(H,21,23)/b20-11-. The highest BCUT2D eigenvalue weighted by molar-refractivity contribution is 7.99. The lowest BCUT2D eigenvalue weighted by Gasteiger charge is -2.02. The number of non-ortho nitro benzene ring substituents is 1. The van der Waals surface area contributed by atoms with Crippen molar-refractivity contribution in [3.8, 4) is 11.8 Å². The lowest BCUT2D eigenvalue weighted by atomic mass is 10.2. The number of carbonyl (C=O) groups excluding carboxylic acids is 1. The fourth-order valence-corrected chi connectivity index (χ4v) is 2.73. The van der Waals surface area contributed by atoms with Crippen LogP contribution in [0.2, 0.25) is 0 Å². The van der Waals surface area contributed by atoms with Gasteiger partial charge >= 0.3 is 0 Å². The third-order valence-electron chi connectivity index (χ3n) is 3.24. The number of nitriles is 1. The summed E-state index contributed by atoms with van der Waals surface area (Å²) in [6.45, 7) is -0.0129. The van der Waals surface area contributed by atoms with E-state index < -0.39 is 4.92 Å². The van der Waals surface area contributed by atoms with E-state index in [0.717, 1.165) is 11.1 Å². The molecule has 0 aromatic heterocycles. The summed E-state index contributed by atoms with van der Waals surface area (Å²) in [7, 11) is 0. The molecule has 2 aromatic rings. The Morgan fingerprint density at radius 2 is 1.96 bits per heavy atom. The molecule has 0 saturated carbocycles. The molecule has 2 rings (SSSR count). The largest absolute Gasteiger partial charge is 0.479 e. The molecule has 0 saturated heterocycles. The van der Waals surface area contributed by atoms with Gasteiger partial charge in [0.15, 0.2) is 6.61 Å². The number of nitrogens with one attached hydrogen (secondary N) is 1. The number of nitro benzene ring substituents is 1. The van der Waals surface area contributed by atoms with Crippen molar-refractivity contribution in [2.75, 3.05) is 12.4 Å². The number of ether oxygens (including phenoxy) is 1. The second-order valence-corrected chi connectivity index (χ2v) is 6.21. The molecule has 0 atom stereocenters. The third kappa shape index (κ3) is 7.17. The van der Waals surface area contributed by atoms with Crippen LogP contribution >= 0.6 is 11.8 Å². The predicted octanol–water partition coefficient (Wildman–Crippen LogP) is 2.88. The second-order valence-electron chi connectivity index (χ2n) is 5.23. The molecule has 8 nitrogen and oxygen atoms in total. The van der Waals surface area contributed by atoms with E-state index in [2.05, 4.69) is 10.5 Å². The van der Waals surface area contributed by atoms with Crippen LogP contribution in [0.4, 0.5) is 5.69 Å². The number of thioether (sulfide) groups is 1. The fourth-order valence-electron chi connectivity index (χ4n) is 1.95. The second kappa shape index (κ2) is 10.6. The molecule has 0 unspecified atom stereocenters. The van der Waals surface area contributed by atoms with Gasteiger partial charge in [-0.15, -0.1) is 11.8 Å². The minimum atomic E-state index is -0.449. The van der Waals surface area contributed by atoms with Crippen molar-refractivity contribution in [1.82, 2.24) is 5.43 Å². The zero-order chi connectivity index (χ0) is 19.5. The van der Waals surface area contributed by atoms with Gasteiger partial charge in [0.05, 0.1) is 16.9 Å². The van der Waals surface area contributed by atoms with Gasteiger partial charge in [0.1, 0.15) is 11.8 Å². The van der Waals surface area contributed by atoms with Gasteiger partial charge in [0.25, 0.3) is 5.69 Å². The van der Waals surface area contributed by atoms with E-state index >= 15 is 0 Å². The number of nitrogens with zero attached hydrogens (tertiary/aromatic N) is 3. The summed E-state index contributed by atoms with van der Waals surface area (Å²) in [6, 6.07) is 15.0. The highest BCUT2D eigenvalue weighted by Crippen LogP contribution is 2.16. The fraction of sp³-hybridized carbons (Fsp3) is 0.167. The van der Waals surface area contributed by atoms with Crippen LogP contribution in [0.15, 0.2) is 53.6 Å². The Hall–Kier alpha value is -3.38. The van der Waals surface area contributed by atoms with Crippen molar-refractivity contribution in [2.45, 2.75) is 5.75 Å². The number of hydrazone groups is 1. The van der Waals surface area contributed by atoms with Crippen LogP contribution in [0, 0.1) is 21.4 Å². The van der Waals surface area contributed by atoms with E-state index in [9.17, 15) is 14.9 Å². The molecule has 2 aromatic carbocycles. The molecule has 0 aliphatic carbocycles. The Morgan fingerprint density at radius 1 is 1.26 bits per heavy atom. The van der Waals surface area contributed by atoms with E-state index in [1.807, 2.05) is 6.07 Å². The van der Waals surface area contributed by atoms with Crippen LogP contribution in [0.25, 0.3) is 0 Å². The Bertz CT molecular complexity index is 845. The number of rotatable bonds is 9. The van der Waals surface area contributed by atoms with E-state index in [0.29, 0.717) is 11.5 Å². The lowest BCUT2D eigenvalue weighted by molar-refractivity contribution is -0.384. The van der Waals surface area contributed by atoms with Gasteiger partial charge in [-0.3, -0.25) is 14.9 Å². The van der Waals surface area contributed by atoms with Gasteiger partial charge in [-0.05, 0) is 35.4 Å². The molecule has 0 heterocycles. The molecule has 9 heteroatoms. The van der Waals surface area contributed by atoms with Crippen LogP contribution in [-0.4, -0.2) is 29.4 Å². The summed E-state index contributed by atoms with van der Waals surface area (Å²) in [5, 5.41) is 22.9. The molecule has 0 aliphatic rings. The first-order valence-corrected chi connectivity index (χ1v) is 8.97. The summed E-state index contributed by atoms with van der Waals surface area (Å²) in [4.78, 5) is 21.9. The van der Waals surface area contributed by atoms with E-state index in [-0.39, 0.29) is 24.0 Å². The maximum Gasteiger partial charge on any atom is 0.269 e. The molecule has 138 valence electrons. The summed E-state index contributed by atoms with van der Waals surface area (Å²) < 4.78 is 5.14. The van der Waals surface area contributed by atoms with Crippen LogP contribution in [0.1, 0.15) is 11.1 Å². The maximum absolute atomic E-state index is 11.8. The van der Waals surface area contributed by atoms with Crippen LogP contribution in [-0.2, 0) is 10.5 Å².